The van der Waals surface area contributed by atoms with E-state index in [1.807, 2.05) is 11.3 Å². The average molecular weight is 261 g/mol. The monoisotopic (exact) mass is 260 g/mol. The molecule has 72 valence electrons. The Kier molecular flexibility index (Phi) is 3.06. The van der Waals surface area contributed by atoms with Gasteiger partial charge in [-0.1, -0.05) is 0 Å². The Hall–Kier alpha value is 0.140. The topological polar surface area (TPSA) is 20.2 Å². The minimum Gasteiger partial charge on any atom is -0.393 e. The Labute approximate surface area is 90.9 Å². The smallest absolute Gasteiger partial charge is 0.0543 e. The molecule has 1 nitrogen and oxygen atoms in total. The van der Waals surface area contributed by atoms with E-state index in [9.17, 15) is 5.11 Å². The summed E-state index contributed by atoms with van der Waals surface area (Å²) in [5.41, 5.74) is 0. The molecule has 2 atom stereocenters. The normalized spacial score (nSPS) is 28.2. The number of aliphatic hydroxyl groups excluding tert-OH is 1. The Morgan fingerprint density at radius 1 is 1.54 bits per heavy atom. The number of halogens is 1. The van der Waals surface area contributed by atoms with Crippen molar-refractivity contribution in [1.82, 2.24) is 0 Å². The Balaban J connectivity index is 1.91. The zero-order chi connectivity index (χ0) is 9.26. The average Bonchev–Trinajstić information content (AvgIpc) is 2.62. The Morgan fingerprint density at radius 2 is 2.38 bits per heavy atom. The fraction of sp³-hybridized carbons (Fsp3) is 0.600. The lowest BCUT2D eigenvalue weighted by Gasteiger charge is -2.05. The molecule has 1 saturated carbocycles. The molecule has 1 aliphatic rings. The number of thiophene rings is 1. The van der Waals surface area contributed by atoms with Gasteiger partial charge in [-0.3, -0.25) is 0 Å². The highest BCUT2D eigenvalue weighted by Gasteiger charge is 2.23. The molecule has 1 aromatic rings. The molecule has 0 amide bonds. The third-order valence-corrected chi connectivity index (χ3v) is 4.35. The van der Waals surface area contributed by atoms with E-state index < -0.39 is 0 Å². The van der Waals surface area contributed by atoms with Crippen LogP contribution in [0.1, 0.15) is 24.1 Å². The predicted molar refractivity (Wildman–Crippen MR) is 59.1 cm³/mol. The van der Waals surface area contributed by atoms with Gasteiger partial charge < -0.3 is 5.11 Å². The van der Waals surface area contributed by atoms with E-state index in [2.05, 4.69) is 27.4 Å². The van der Waals surface area contributed by atoms with Crippen LogP contribution in [0.4, 0.5) is 0 Å². The Bertz CT molecular complexity index is 284. The maximum atomic E-state index is 9.38. The van der Waals surface area contributed by atoms with Crippen molar-refractivity contribution in [3.8, 4) is 0 Å². The van der Waals surface area contributed by atoms with E-state index >= 15 is 0 Å². The minimum atomic E-state index is -0.0339. The van der Waals surface area contributed by atoms with Crippen molar-refractivity contribution in [2.45, 2.75) is 31.8 Å². The summed E-state index contributed by atoms with van der Waals surface area (Å²) in [6.45, 7) is 0. The first-order chi connectivity index (χ1) is 6.24. The molecule has 13 heavy (non-hydrogen) atoms. The highest BCUT2D eigenvalue weighted by Crippen LogP contribution is 2.31. The second-order valence-corrected chi connectivity index (χ2v) is 5.68. The van der Waals surface area contributed by atoms with Crippen LogP contribution in [0.15, 0.2) is 15.9 Å². The van der Waals surface area contributed by atoms with Gasteiger partial charge in [0.05, 0.1) is 6.10 Å². The summed E-state index contributed by atoms with van der Waals surface area (Å²) in [5, 5.41) is 11.5. The first kappa shape index (κ1) is 9.69. The van der Waals surface area contributed by atoms with Gasteiger partial charge in [-0.05, 0) is 53.6 Å². The van der Waals surface area contributed by atoms with Crippen molar-refractivity contribution in [1.29, 1.82) is 0 Å². The molecule has 1 N–H and O–H groups in total. The van der Waals surface area contributed by atoms with Crippen molar-refractivity contribution in [3.63, 3.8) is 0 Å². The van der Waals surface area contributed by atoms with Crippen molar-refractivity contribution in [3.05, 3.63) is 20.8 Å². The van der Waals surface area contributed by atoms with E-state index in [0.717, 1.165) is 19.3 Å². The van der Waals surface area contributed by atoms with Gasteiger partial charge in [0.1, 0.15) is 0 Å². The fourth-order valence-corrected chi connectivity index (χ4v) is 3.55. The number of hydrogen-bond acceptors (Lipinski definition) is 2. The third-order valence-electron chi connectivity index (χ3n) is 2.63. The standard InChI is InChI=1S/C10H13BrOS/c11-8-5-10(13-6-8)4-7-1-2-9(12)3-7/h5-7,9,12H,1-4H2. The van der Waals surface area contributed by atoms with Crippen molar-refractivity contribution >= 4 is 27.3 Å². The summed E-state index contributed by atoms with van der Waals surface area (Å²) >= 11 is 5.26. The van der Waals surface area contributed by atoms with Crippen LogP contribution in [-0.4, -0.2) is 11.2 Å². The second-order valence-electron chi connectivity index (χ2n) is 3.77. The van der Waals surface area contributed by atoms with Crippen LogP contribution < -0.4 is 0 Å². The summed E-state index contributed by atoms with van der Waals surface area (Å²) in [6.07, 6.45) is 4.30. The molecule has 3 heteroatoms. The molecular formula is C10H13BrOS. The van der Waals surface area contributed by atoms with Gasteiger partial charge >= 0.3 is 0 Å². The molecular weight excluding hydrogens is 248 g/mol. The molecule has 1 aliphatic carbocycles. The highest BCUT2D eigenvalue weighted by atomic mass is 79.9. The molecule has 0 bridgehead atoms. The van der Waals surface area contributed by atoms with Crippen LogP contribution in [0.5, 0.6) is 0 Å². The summed E-state index contributed by atoms with van der Waals surface area (Å²) in [4.78, 5) is 1.44. The van der Waals surface area contributed by atoms with Gasteiger partial charge in [0.25, 0.3) is 0 Å². The lowest BCUT2D eigenvalue weighted by atomic mass is 10.0. The molecule has 0 radical (unpaired) electrons. The van der Waals surface area contributed by atoms with Gasteiger partial charge in [0, 0.05) is 14.7 Å². The highest BCUT2D eigenvalue weighted by molar-refractivity contribution is 9.10. The van der Waals surface area contributed by atoms with Crippen LogP contribution in [0.25, 0.3) is 0 Å². The van der Waals surface area contributed by atoms with E-state index in [-0.39, 0.29) is 6.10 Å². The first-order valence-electron chi connectivity index (χ1n) is 4.65. The zero-order valence-corrected chi connectivity index (χ0v) is 9.77. The predicted octanol–water partition coefficient (Wildman–Crippen LogP) is 3.21. The maximum absolute atomic E-state index is 9.38. The van der Waals surface area contributed by atoms with E-state index in [1.54, 1.807) is 0 Å². The minimum absolute atomic E-state index is 0.0339. The molecule has 0 spiro atoms. The summed E-state index contributed by atoms with van der Waals surface area (Å²) < 4.78 is 1.19. The number of hydrogen-bond donors (Lipinski definition) is 1. The molecule has 1 heterocycles. The van der Waals surface area contributed by atoms with Crippen molar-refractivity contribution < 1.29 is 5.11 Å². The Morgan fingerprint density at radius 3 is 2.92 bits per heavy atom. The molecule has 1 aromatic heterocycles. The molecule has 2 unspecified atom stereocenters. The van der Waals surface area contributed by atoms with Crippen LogP contribution in [0.3, 0.4) is 0 Å². The number of aliphatic hydroxyl groups is 1. The lowest BCUT2D eigenvalue weighted by Crippen LogP contribution is -2.02. The van der Waals surface area contributed by atoms with Gasteiger partial charge in [0.2, 0.25) is 0 Å². The SMILES string of the molecule is OC1CCC(Cc2cc(Br)cs2)C1. The second kappa shape index (κ2) is 4.11. The van der Waals surface area contributed by atoms with Crippen molar-refractivity contribution in [2.75, 3.05) is 0 Å². The quantitative estimate of drug-likeness (QED) is 0.866. The van der Waals surface area contributed by atoms with Gasteiger partial charge in [-0.2, -0.15) is 0 Å². The number of rotatable bonds is 2. The first-order valence-corrected chi connectivity index (χ1v) is 6.32. The summed E-state index contributed by atoms with van der Waals surface area (Å²) in [5.74, 6) is 0.709. The van der Waals surface area contributed by atoms with E-state index in [1.165, 1.54) is 15.8 Å². The van der Waals surface area contributed by atoms with E-state index in [0.29, 0.717) is 5.92 Å². The van der Waals surface area contributed by atoms with Gasteiger partial charge in [0.15, 0.2) is 0 Å². The zero-order valence-electron chi connectivity index (χ0n) is 7.37. The molecule has 0 aliphatic heterocycles. The van der Waals surface area contributed by atoms with Crippen molar-refractivity contribution in [2.24, 2.45) is 5.92 Å². The van der Waals surface area contributed by atoms with Crippen LogP contribution >= 0.6 is 27.3 Å². The maximum Gasteiger partial charge on any atom is 0.0543 e. The molecule has 0 saturated heterocycles. The van der Waals surface area contributed by atoms with Gasteiger partial charge in [-0.15, -0.1) is 11.3 Å². The molecule has 2 rings (SSSR count). The largest absolute Gasteiger partial charge is 0.393 e. The molecule has 1 fully saturated rings. The van der Waals surface area contributed by atoms with Crippen LogP contribution in [0, 0.1) is 5.92 Å². The summed E-state index contributed by atoms with van der Waals surface area (Å²) in [6, 6.07) is 2.19. The van der Waals surface area contributed by atoms with Crippen LogP contribution in [0.2, 0.25) is 0 Å². The fourth-order valence-electron chi connectivity index (χ4n) is 1.98. The van der Waals surface area contributed by atoms with Crippen LogP contribution in [-0.2, 0) is 6.42 Å². The molecule has 0 aromatic carbocycles. The van der Waals surface area contributed by atoms with E-state index in [4.69, 9.17) is 0 Å². The lowest BCUT2D eigenvalue weighted by molar-refractivity contribution is 0.177. The third kappa shape index (κ3) is 2.55. The van der Waals surface area contributed by atoms with Gasteiger partial charge in [-0.25, -0.2) is 0 Å². The summed E-state index contributed by atoms with van der Waals surface area (Å²) in [7, 11) is 0.